The molecule has 7 nitrogen and oxygen atoms in total. The van der Waals surface area contributed by atoms with Crippen molar-refractivity contribution in [1.82, 2.24) is 10.3 Å². The largest absolute Gasteiger partial charge is 0.478 e. The van der Waals surface area contributed by atoms with E-state index in [0.29, 0.717) is 10.9 Å². The molecule has 1 aromatic heterocycles. The summed E-state index contributed by atoms with van der Waals surface area (Å²) in [5, 5.41) is 12.5. The van der Waals surface area contributed by atoms with Crippen molar-refractivity contribution in [3.63, 3.8) is 0 Å². The Kier molecular flexibility index (Phi) is 4.92. The average Bonchev–Trinajstić information content (AvgIpc) is 2.45. The van der Waals surface area contributed by atoms with Gasteiger partial charge in [0.25, 0.3) is 5.56 Å². The Balaban J connectivity index is 2.24. The monoisotopic (exact) mass is 332 g/mol. The third-order valence-electron chi connectivity index (χ3n) is 3.28. The number of pyridine rings is 1. The van der Waals surface area contributed by atoms with Crippen molar-refractivity contribution in [1.29, 1.82) is 0 Å². The third kappa shape index (κ3) is 4.13. The highest BCUT2D eigenvalue weighted by atomic mass is 16.6. The number of aromatic amines is 1. The summed E-state index contributed by atoms with van der Waals surface area (Å²) in [7, 11) is 0. The van der Waals surface area contributed by atoms with Crippen LogP contribution in [0.25, 0.3) is 10.9 Å². The summed E-state index contributed by atoms with van der Waals surface area (Å²) in [6.45, 7) is 5.31. The summed E-state index contributed by atoms with van der Waals surface area (Å²) in [4.78, 5) is 38.1. The van der Waals surface area contributed by atoms with Crippen molar-refractivity contribution in [2.24, 2.45) is 0 Å². The summed E-state index contributed by atoms with van der Waals surface area (Å²) in [6.07, 6.45) is -0.530. The SMILES string of the molecule is CC(C)(C)OC(=O)NCCc1c(C(=O)O)c2ccccc2[nH]c1=O. The zero-order valence-corrected chi connectivity index (χ0v) is 13.8. The number of fused-ring (bicyclic) bond motifs is 1. The molecule has 0 unspecified atom stereocenters. The molecule has 128 valence electrons. The van der Waals surface area contributed by atoms with Crippen LogP contribution in [0.4, 0.5) is 4.79 Å². The zero-order chi connectivity index (χ0) is 17.9. The molecule has 2 aromatic rings. The number of benzene rings is 1. The lowest BCUT2D eigenvalue weighted by molar-refractivity contribution is 0.0528. The second-order valence-corrected chi connectivity index (χ2v) is 6.34. The Bertz CT molecular complexity index is 833. The van der Waals surface area contributed by atoms with Gasteiger partial charge < -0.3 is 20.1 Å². The van der Waals surface area contributed by atoms with Crippen molar-refractivity contribution in [3.8, 4) is 0 Å². The molecule has 0 bridgehead atoms. The molecular formula is C17H20N2O5. The van der Waals surface area contributed by atoms with Crippen LogP contribution in [0.2, 0.25) is 0 Å². The minimum absolute atomic E-state index is 0.0414. The molecule has 0 aliphatic rings. The lowest BCUT2D eigenvalue weighted by Gasteiger charge is -2.19. The molecule has 0 radical (unpaired) electrons. The van der Waals surface area contributed by atoms with Gasteiger partial charge in [0.15, 0.2) is 0 Å². The van der Waals surface area contributed by atoms with E-state index >= 15 is 0 Å². The van der Waals surface area contributed by atoms with Gasteiger partial charge in [-0.25, -0.2) is 9.59 Å². The van der Waals surface area contributed by atoms with E-state index in [0.717, 1.165) is 0 Å². The molecule has 2 rings (SSSR count). The number of para-hydroxylation sites is 1. The number of rotatable bonds is 4. The number of amides is 1. The molecule has 0 saturated carbocycles. The van der Waals surface area contributed by atoms with Crippen LogP contribution in [0.5, 0.6) is 0 Å². The topological polar surface area (TPSA) is 108 Å². The normalized spacial score (nSPS) is 11.3. The zero-order valence-electron chi connectivity index (χ0n) is 13.8. The van der Waals surface area contributed by atoms with Crippen LogP contribution < -0.4 is 10.9 Å². The summed E-state index contributed by atoms with van der Waals surface area (Å²) in [5.41, 5.74) is -0.560. The molecule has 1 amide bonds. The van der Waals surface area contributed by atoms with Gasteiger partial charge in [-0.2, -0.15) is 0 Å². The number of carbonyl (C=O) groups is 2. The molecule has 0 aliphatic carbocycles. The molecular weight excluding hydrogens is 312 g/mol. The van der Waals surface area contributed by atoms with E-state index in [-0.39, 0.29) is 24.1 Å². The summed E-state index contributed by atoms with van der Waals surface area (Å²) in [5.74, 6) is -1.18. The van der Waals surface area contributed by atoms with E-state index in [9.17, 15) is 19.5 Å². The second-order valence-electron chi connectivity index (χ2n) is 6.34. The van der Waals surface area contributed by atoms with E-state index < -0.39 is 23.2 Å². The third-order valence-corrected chi connectivity index (χ3v) is 3.28. The Morgan fingerprint density at radius 2 is 1.92 bits per heavy atom. The van der Waals surface area contributed by atoms with Crippen LogP contribution in [-0.4, -0.2) is 34.3 Å². The average molecular weight is 332 g/mol. The first-order chi connectivity index (χ1) is 11.2. The number of hydrogen-bond acceptors (Lipinski definition) is 4. The van der Waals surface area contributed by atoms with Gasteiger partial charge in [-0.15, -0.1) is 0 Å². The summed E-state index contributed by atoms with van der Waals surface area (Å²) in [6, 6.07) is 6.70. The first kappa shape index (κ1) is 17.5. The maximum atomic E-state index is 12.2. The predicted octanol–water partition coefficient (Wildman–Crippen LogP) is 2.29. The van der Waals surface area contributed by atoms with Gasteiger partial charge in [0.2, 0.25) is 0 Å². The number of carboxylic acids is 1. The van der Waals surface area contributed by atoms with Crippen LogP contribution >= 0.6 is 0 Å². The van der Waals surface area contributed by atoms with E-state index in [4.69, 9.17) is 4.74 Å². The number of aromatic nitrogens is 1. The Morgan fingerprint density at radius 1 is 1.25 bits per heavy atom. The van der Waals surface area contributed by atoms with Crippen molar-refractivity contribution in [2.75, 3.05) is 6.54 Å². The molecule has 0 fully saturated rings. The number of alkyl carbamates (subject to hydrolysis) is 1. The van der Waals surface area contributed by atoms with Gasteiger partial charge in [-0.3, -0.25) is 4.79 Å². The molecule has 24 heavy (non-hydrogen) atoms. The molecule has 0 saturated heterocycles. The number of ether oxygens (including phenoxy) is 1. The number of H-pyrrole nitrogens is 1. The Morgan fingerprint density at radius 3 is 2.54 bits per heavy atom. The Labute approximate surface area is 138 Å². The highest BCUT2D eigenvalue weighted by molar-refractivity contribution is 6.03. The summed E-state index contributed by atoms with van der Waals surface area (Å²) >= 11 is 0. The smallest absolute Gasteiger partial charge is 0.407 e. The van der Waals surface area contributed by atoms with Crippen LogP contribution in [0.1, 0.15) is 36.7 Å². The van der Waals surface area contributed by atoms with Gasteiger partial charge in [-0.05, 0) is 33.3 Å². The van der Waals surface area contributed by atoms with Crippen LogP contribution in [0, 0.1) is 0 Å². The maximum absolute atomic E-state index is 12.2. The number of carboxylic acid groups (broad SMARTS) is 1. The number of nitrogens with one attached hydrogen (secondary N) is 2. The van der Waals surface area contributed by atoms with Crippen LogP contribution in [0.15, 0.2) is 29.1 Å². The van der Waals surface area contributed by atoms with E-state index in [1.807, 2.05) is 0 Å². The van der Waals surface area contributed by atoms with E-state index in [2.05, 4.69) is 10.3 Å². The number of aromatic carboxylic acids is 1. The van der Waals surface area contributed by atoms with Gasteiger partial charge in [-0.1, -0.05) is 18.2 Å². The van der Waals surface area contributed by atoms with E-state index in [1.54, 1.807) is 45.0 Å². The van der Waals surface area contributed by atoms with Crippen molar-refractivity contribution in [3.05, 3.63) is 45.7 Å². The fourth-order valence-electron chi connectivity index (χ4n) is 2.37. The van der Waals surface area contributed by atoms with Gasteiger partial charge in [0.05, 0.1) is 5.56 Å². The first-order valence-electron chi connectivity index (χ1n) is 7.53. The van der Waals surface area contributed by atoms with Crippen molar-refractivity contribution < 1.29 is 19.4 Å². The fourth-order valence-corrected chi connectivity index (χ4v) is 2.37. The predicted molar refractivity (Wildman–Crippen MR) is 89.5 cm³/mol. The highest BCUT2D eigenvalue weighted by Gasteiger charge is 2.19. The second kappa shape index (κ2) is 6.74. The molecule has 1 aromatic carbocycles. The van der Waals surface area contributed by atoms with Crippen LogP contribution in [-0.2, 0) is 11.2 Å². The van der Waals surface area contributed by atoms with Crippen LogP contribution in [0.3, 0.4) is 0 Å². The van der Waals surface area contributed by atoms with Gasteiger partial charge >= 0.3 is 12.1 Å². The lowest BCUT2D eigenvalue weighted by atomic mass is 10.0. The van der Waals surface area contributed by atoms with Crippen molar-refractivity contribution in [2.45, 2.75) is 32.8 Å². The standard InChI is InChI=1S/C17H20N2O5/c1-17(2,3)24-16(23)18-9-8-11-13(15(21)22)10-6-4-5-7-12(10)19-14(11)20/h4-7H,8-9H2,1-3H3,(H,18,23)(H,19,20)(H,21,22). The molecule has 0 spiro atoms. The van der Waals surface area contributed by atoms with E-state index in [1.165, 1.54) is 0 Å². The fraction of sp³-hybridized carbons (Fsp3) is 0.353. The number of hydrogen-bond donors (Lipinski definition) is 3. The minimum Gasteiger partial charge on any atom is -0.478 e. The number of carbonyl (C=O) groups excluding carboxylic acids is 1. The van der Waals surface area contributed by atoms with Gasteiger partial charge in [0.1, 0.15) is 5.60 Å². The first-order valence-corrected chi connectivity index (χ1v) is 7.53. The lowest BCUT2D eigenvalue weighted by Crippen LogP contribution is -2.34. The van der Waals surface area contributed by atoms with Gasteiger partial charge in [0, 0.05) is 23.0 Å². The minimum atomic E-state index is -1.18. The summed E-state index contributed by atoms with van der Waals surface area (Å²) < 4.78 is 5.10. The molecule has 0 atom stereocenters. The molecule has 3 N–H and O–H groups in total. The molecule has 0 aliphatic heterocycles. The maximum Gasteiger partial charge on any atom is 0.407 e. The molecule has 1 heterocycles. The Hall–Kier alpha value is -2.83. The quantitative estimate of drug-likeness (QED) is 0.796. The van der Waals surface area contributed by atoms with Crippen molar-refractivity contribution >= 4 is 23.0 Å². The molecule has 7 heteroatoms. The highest BCUT2D eigenvalue weighted by Crippen LogP contribution is 2.18.